The van der Waals surface area contributed by atoms with Gasteiger partial charge in [-0.25, -0.2) is 4.79 Å². The first-order chi connectivity index (χ1) is 7.90. The molecule has 0 saturated carbocycles. The number of benzene rings is 1. The molecule has 2 amide bonds. The molecule has 1 aromatic carbocycles. The maximum Gasteiger partial charge on any atom is 0.325 e. The molecule has 6 heteroatoms. The molecule has 0 saturated heterocycles. The Morgan fingerprint density at radius 1 is 1.41 bits per heavy atom. The van der Waals surface area contributed by atoms with Gasteiger partial charge < -0.3 is 15.7 Å². The van der Waals surface area contributed by atoms with E-state index < -0.39 is 18.0 Å². The molecule has 0 heterocycles. The number of halogens is 1. The van der Waals surface area contributed by atoms with Crippen LogP contribution in [0.15, 0.2) is 22.7 Å². The number of carboxylic acid groups (broad SMARTS) is 1. The molecule has 1 rings (SSSR count). The summed E-state index contributed by atoms with van der Waals surface area (Å²) in [4.78, 5) is 22.0. The smallest absolute Gasteiger partial charge is 0.325 e. The molecule has 1 atom stereocenters. The molecule has 0 spiro atoms. The lowest BCUT2D eigenvalue weighted by Gasteiger charge is -2.12. The second kappa shape index (κ2) is 5.67. The van der Waals surface area contributed by atoms with Crippen molar-refractivity contribution < 1.29 is 14.7 Å². The van der Waals surface area contributed by atoms with Crippen LogP contribution in [0.3, 0.4) is 0 Å². The molecule has 1 aromatic rings. The average Bonchev–Trinajstić information content (AvgIpc) is 2.23. The molecule has 0 aliphatic heterocycles. The molecule has 0 fully saturated rings. The third-order valence-electron chi connectivity index (χ3n) is 2.09. The van der Waals surface area contributed by atoms with Crippen molar-refractivity contribution in [2.45, 2.75) is 19.9 Å². The van der Waals surface area contributed by atoms with Gasteiger partial charge in [0.1, 0.15) is 6.04 Å². The molecular weight excluding hydrogens is 288 g/mol. The summed E-state index contributed by atoms with van der Waals surface area (Å²) in [6.07, 6.45) is 0. The summed E-state index contributed by atoms with van der Waals surface area (Å²) in [6, 6.07) is 4.01. The van der Waals surface area contributed by atoms with Gasteiger partial charge in [-0.15, -0.1) is 0 Å². The van der Waals surface area contributed by atoms with E-state index in [0.29, 0.717) is 5.69 Å². The maximum absolute atomic E-state index is 11.5. The number of aryl methyl sites for hydroxylation is 1. The third kappa shape index (κ3) is 4.07. The first-order valence-corrected chi connectivity index (χ1v) is 5.76. The van der Waals surface area contributed by atoms with Crippen LogP contribution in [0.5, 0.6) is 0 Å². The SMILES string of the molecule is Cc1ccc(Br)c(NC(=O)N[C@@H](C)C(=O)O)c1. The van der Waals surface area contributed by atoms with Crippen LogP contribution in [0.4, 0.5) is 10.5 Å². The van der Waals surface area contributed by atoms with Crippen LogP contribution in [0.25, 0.3) is 0 Å². The fourth-order valence-electron chi connectivity index (χ4n) is 1.15. The van der Waals surface area contributed by atoms with Gasteiger partial charge in [-0.1, -0.05) is 6.07 Å². The Bertz CT molecular complexity index is 448. The lowest BCUT2D eigenvalue weighted by molar-refractivity contribution is -0.138. The summed E-state index contributed by atoms with van der Waals surface area (Å²) in [5.41, 5.74) is 1.59. The zero-order valence-corrected chi connectivity index (χ0v) is 11.0. The number of nitrogens with one attached hydrogen (secondary N) is 2. The van der Waals surface area contributed by atoms with Gasteiger partial charge >= 0.3 is 12.0 Å². The summed E-state index contributed by atoms with van der Waals surface area (Å²) in [5.74, 6) is -1.08. The van der Waals surface area contributed by atoms with E-state index in [1.807, 2.05) is 19.1 Å². The van der Waals surface area contributed by atoms with Gasteiger partial charge in [-0.3, -0.25) is 4.79 Å². The number of amides is 2. The topological polar surface area (TPSA) is 78.4 Å². The number of aliphatic carboxylic acids is 1. The van der Waals surface area contributed by atoms with E-state index in [4.69, 9.17) is 5.11 Å². The van der Waals surface area contributed by atoms with Crippen molar-refractivity contribution >= 4 is 33.6 Å². The van der Waals surface area contributed by atoms with E-state index in [0.717, 1.165) is 10.0 Å². The lowest BCUT2D eigenvalue weighted by Crippen LogP contribution is -2.40. The van der Waals surface area contributed by atoms with Crippen LogP contribution in [0.2, 0.25) is 0 Å². The summed E-state index contributed by atoms with van der Waals surface area (Å²) in [5, 5.41) is 13.5. The molecule has 0 unspecified atom stereocenters. The lowest BCUT2D eigenvalue weighted by atomic mass is 10.2. The molecule has 5 nitrogen and oxygen atoms in total. The van der Waals surface area contributed by atoms with Gasteiger partial charge in [0, 0.05) is 4.47 Å². The molecule has 17 heavy (non-hydrogen) atoms. The number of carbonyl (C=O) groups excluding carboxylic acids is 1. The van der Waals surface area contributed by atoms with Crippen molar-refractivity contribution in [1.29, 1.82) is 0 Å². The number of urea groups is 1. The van der Waals surface area contributed by atoms with Crippen molar-refractivity contribution in [3.63, 3.8) is 0 Å². The molecule has 3 N–H and O–H groups in total. The molecular formula is C11H13BrN2O3. The molecule has 92 valence electrons. The van der Waals surface area contributed by atoms with Gasteiger partial charge in [0.2, 0.25) is 0 Å². The highest BCUT2D eigenvalue weighted by Gasteiger charge is 2.14. The molecule has 0 aliphatic carbocycles. The van der Waals surface area contributed by atoms with Gasteiger partial charge in [-0.05, 0) is 47.5 Å². The zero-order valence-electron chi connectivity index (χ0n) is 9.45. The minimum absolute atomic E-state index is 0.550. The summed E-state index contributed by atoms with van der Waals surface area (Å²) >= 11 is 3.30. The number of anilines is 1. The van der Waals surface area contributed by atoms with Crippen LogP contribution in [0, 0.1) is 6.92 Å². The number of rotatable bonds is 3. The number of carbonyl (C=O) groups is 2. The standard InChI is InChI=1S/C11H13BrN2O3/c1-6-3-4-8(12)9(5-6)14-11(17)13-7(2)10(15)16/h3-5,7H,1-2H3,(H,15,16)(H2,13,14,17)/t7-/m0/s1. The Labute approximate surface area is 107 Å². The van der Waals surface area contributed by atoms with Crippen molar-refractivity contribution in [2.24, 2.45) is 0 Å². The van der Waals surface area contributed by atoms with Crippen LogP contribution in [0.1, 0.15) is 12.5 Å². The van der Waals surface area contributed by atoms with E-state index >= 15 is 0 Å². The van der Waals surface area contributed by atoms with Gasteiger partial charge in [0.25, 0.3) is 0 Å². The largest absolute Gasteiger partial charge is 0.480 e. The molecule has 0 aromatic heterocycles. The highest BCUT2D eigenvalue weighted by Crippen LogP contribution is 2.23. The van der Waals surface area contributed by atoms with E-state index in [-0.39, 0.29) is 0 Å². The van der Waals surface area contributed by atoms with E-state index in [2.05, 4.69) is 26.6 Å². The van der Waals surface area contributed by atoms with E-state index in [1.54, 1.807) is 6.07 Å². The molecule has 0 radical (unpaired) electrons. The Morgan fingerprint density at radius 3 is 2.65 bits per heavy atom. The molecule has 0 aliphatic rings. The van der Waals surface area contributed by atoms with Crippen LogP contribution < -0.4 is 10.6 Å². The van der Waals surface area contributed by atoms with Crippen LogP contribution in [-0.4, -0.2) is 23.1 Å². The van der Waals surface area contributed by atoms with Crippen LogP contribution in [-0.2, 0) is 4.79 Å². The van der Waals surface area contributed by atoms with Crippen molar-refractivity contribution in [1.82, 2.24) is 5.32 Å². The summed E-state index contributed by atoms with van der Waals surface area (Å²) < 4.78 is 0.737. The minimum atomic E-state index is -1.08. The third-order valence-corrected chi connectivity index (χ3v) is 2.78. The second-order valence-electron chi connectivity index (χ2n) is 3.64. The second-order valence-corrected chi connectivity index (χ2v) is 4.50. The Balaban J connectivity index is 2.68. The predicted octanol–water partition coefficient (Wildman–Crippen LogP) is 2.35. The van der Waals surface area contributed by atoms with Crippen molar-refractivity contribution in [3.8, 4) is 0 Å². The number of hydrogen-bond acceptors (Lipinski definition) is 2. The zero-order chi connectivity index (χ0) is 13.0. The van der Waals surface area contributed by atoms with Crippen LogP contribution >= 0.6 is 15.9 Å². The Kier molecular flexibility index (Phi) is 4.51. The first-order valence-electron chi connectivity index (χ1n) is 4.96. The Morgan fingerprint density at radius 2 is 2.06 bits per heavy atom. The monoisotopic (exact) mass is 300 g/mol. The summed E-state index contributed by atoms with van der Waals surface area (Å²) in [7, 11) is 0. The highest BCUT2D eigenvalue weighted by atomic mass is 79.9. The van der Waals surface area contributed by atoms with Crippen molar-refractivity contribution in [3.05, 3.63) is 28.2 Å². The first kappa shape index (κ1) is 13.5. The summed E-state index contributed by atoms with van der Waals surface area (Å²) in [6.45, 7) is 3.29. The van der Waals surface area contributed by atoms with E-state index in [9.17, 15) is 9.59 Å². The van der Waals surface area contributed by atoms with E-state index in [1.165, 1.54) is 6.92 Å². The maximum atomic E-state index is 11.5. The molecule has 0 bridgehead atoms. The van der Waals surface area contributed by atoms with Crippen molar-refractivity contribution in [2.75, 3.05) is 5.32 Å². The fourth-order valence-corrected chi connectivity index (χ4v) is 1.50. The van der Waals surface area contributed by atoms with Gasteiger partial charge in [-0.2, -0.15) is 0 Å². The quantitative estimate of drug-likeness (QED) is 0.802. The number of carboxylic acids is 1. The average molecular weight is 301 g/mol. The number of hydrogen-bond donors (Lipinski definition) is 3. The Hall–Kier alpha value is -1.56. The predicted molar refractivity (Wildman–Crippen MR) is 68.1 cm³/mol. The normalized spacial score (nSPS) is 11.7. The van der Waals surface area contributed by atoms with Gasteiger partial charge in [0.05, 0.1) is 5.69 Å². The van der Waals surface area contributed by atoms with Gasteiger partial charge in [0.15, 0.2) is 0 Å². The fraction of sp³-hybridized carbons (Fsp3) is 0.273. The highest BCUT2D eigenvalue weighted by molar-refractivity contribution is 9.10. The minimum Gasteiger partial charge on any atom is -0.480 e.